The highest BCUT2D eigenvalue weighted by atomic mass is 16.4. The van der Waals surface area contributed by atoms with Crippen molar-refractivity contribution in [2.24, 2.45) is 5.10 Å². The predicted octanol–water partition coefficient (Wildman–Crippen LogP) is 1.83. The van der Waals surface area contributed by atoms with Gasteiger partial charge in [0.25, 0.3) is 0 Å². The molecule has 22 heavy (non-hydrogen) atoms. The lowest BCUT2D eigenvalue weighted by atomic mass is 10.00. The molecular formula is C15H21N3O4. The standard InChI is InChI=1S/C13H19N3.C2H2O4/c1-11-4-3-5-12(2)16(11)15-10-13-6-8-14-9-7-13;3-1(4)2(5)6/h6-12H,3-5H2,1-2H3;(H,3,4)(H,5,6). The van der Waals surface area contributed by atoms with Crippen LogP contribution in [-0.4, -0.2) is 50.4 Å². The smallest absolute Gasteiger partial charge is 0.414 e. The number of carboxylic acid groups (broad SMARTS) is 2. The normalized spacial score (nSPS) is 21.1. The molecule has 120 valence electrons. The predicted molar refractivity (Wildman–Crippen MR) is 81.7 cm³/mol. The van der Waals surface area contributed by atoms with Gasteiger partial charge in [-0.2, -0.15) is 5.10 Å². The van der Waals surface area contributed by atoms with E-state index in [2.05, 4.69) is 28.9 Å². The number of aromatic nitrogens is 1. The Bertz CT molecular complexity index is 497. The van der Waals surface area contributed by atoms with Crippen LogP contribution in [0.1, 0.15) is 38.7 Å². The Balaban J connectivity index is 0.000000346. The average molecular weight is 307 g/mol. The number of pyridine rings is 1. The minimum Gasteiger partial charge on any atom is -0.473 e. The summed E-state index contributed by atoms with van der Waals surface area (Å²) in [5, 5.41) is 21.6. The van der Waals surface area contributed by atoms with Crippen molar-refractivity contribution >= 4 is 18.2 Å². The molecule has 1 aromatic rings. The number of carboxylic acids is 2. The Labute approximate surface area is 129 Å². The van der Waals surface area contributed by atoms with Gasteiger partial charge in [-0.05, 0) is 50.8 Å². The number of rotatable bonds is 2. The Morgan fingerprint density at radius 3 is 2.14 bits per heavy atom. The summed E-state index contributed by atoms with van der Waals surface area (Å²) in [6.45, 7) is 4.50. The molecule has 1 aromatic heterocycles. The highest BCUT2D eigenvalue weighted by Crippen LogP contribution is 2.22. The Morgan fingerprint density at radius 1 is 1.18 bits per heavy atom. The third-order valence-corrected chi connectivity index (χ3v) is 3.38. The molecule has 7 heteroatoms. The molecule has 0 radical (unpaired) electrons. The topological polar surface area (TPSA) is 103 Å². The zero-order valence-corrected chi connectivity index (χ0v) is 12.7. The number of aliphatic carboxylic acids is 2. The van der Waals surface area contributed by atoms with Gasteiger partial charge in [0.15, 0.2) is 0 Å². The molecule has 2 N–H and O–H groups in total. The molecule has 0 amide bonds. The summed E-state index contributed by atoms with van der Waals surface area (Å²) < 4.78 is 0. The van der Waals surface area contributed by atoms with Gasteiger partial charge in [-0.1, -0.05) is 0 Å². The fourth-order valence-corrected chi connectivity index (χ4v) is 2.22. The number of hydrogen-bond donors (Lipinski definition) is 2. The van der Waals surface area contributed by atoms with Crippen molar-refractivity contribution < 1.29 is 19.8 Å². The van der Waals surface area contributed by atoms with Gasteiger partial charge >= 0.3 is 11.9 Å². The average Bonchev–Trinajstić information content (AvgIpc) is 2.48. The molecular weight excluding hydrogens is 286 g/mol. The first-order valence-corrected chi connectivity index (χ1v) is 7.10. The summed E-state index contributed by atoms with van der Waals surface area (Å²) in [5.41, 5.74) is 1.11. The van der Waals surface area contributed by atoms with Crippen molar-refractivity contribution in [3.63, 3.8) is 0 Å². The van der Waals surface area contributed by atoms with Crippen LogP contribution in [0.3, 0.4) is 0 Å². The molecule has 1 aliphatic rings. The summed E-state index contributed by atoms with van der Waals surface area (Å²) in [6.07, 6.45) is 9.34. The molecule has 1 aliphatic heterocycles. The first kappa shape index (κ1) is 17.6. The molecule has 0 bridgehead atoms. The lowest BCUT2D eigenvalue weighted by molar-refractivity contribution is -0.159. The van der Waals surface area contributed by atoms with E-state index >= 15 is 0 Å². The maximum absolute atomic E-state index is 9.10. The third kappa shape index (κ3) is 5.90. The second kappa shape index (κ2) is 8.76. The molecule has 7 nitrogen and oxygen atoms in total. The van der Waals surface area contributed by atoms with Crippen LogP contribution < -0.4 is 0 Å². The Hall–Kier alpha value is -2.44. The number of piperidine rings is 1. The maximum Gasteiger partial charge on any atom is 0.414 e. The second-order valence-corrected chi connectivity index (χ2v) is 5.14. The van der Waals surface area contributed by atoms with Gasteiger partial charge in [-0.3, -0.25) is 9.99 Å². The quantitative estimate of drug-likeness (QED) is 0.638. The zero-order chi connectivity index (χ0) is 16.5. The van der Waals surface area contributed by atoms with Gasteiger partial charge in [0.05, 0.1) is 6.21 Å². The fourth-order valence-electron chi connectivity index (χ4n) is 2.22. The molecule has 1 fully saturated rings. The van der Waals surface area contributed by atoms with E-state index in [1.807, 2.05) is 18.3 Å². The van der Waals surface area contributed by atoms with E-state index in [0.717, 1.165) is 5.56 Å². The number of carbonyl (C=O) groups is 2. The molecule has 0 saturated carbocycles. The second-order valence-electron chi connectivity index (χ2n) is 5.14. The van der Waals surface area contributed by atoms with E-state index in [1.54, 1.807) is 12.4 Å². The largest absolute Gasteiger partial charge is 0.473 e. The van der Waals surface area contributed by atoms with E-state index < -0.39 is 11.9 Å². The first-order valence-electron chi connectivity index (χ1n) is 7.10. The fraction of sp³-hybridized carbons (Fsp3) is 0.467. The van der Waals surface area contributed by atoms with Gasteiger partial charge in [-0.25, -0.2) is 9.59 Å². The lowest BCUT2D eigenvalue weighted by Crippen LogP contribution is -2.39. The number of nitrogens with zero attached hydrogens (tertiary/aromatic N) is 3. The van der Waals surface area contributed by atoms with Crippen molar-refractivity contribution in [2.45, 2.75) is 45.2 Å². The van der Waals surface area contributed by atoms with Gasteiger partial charge in [-0.15, -0.1) is 0 Å². The van der Waals surface area contributed by atoms with Crippen LogP contribution in [0, 0.1) is 0 Å². The van der Waals surface area contributed by atoms with Crippen molar-refractivity contribution in [1.82, 2.24) is 9.99 Å². The first-order chi connectivity index (χ1) is 10.4. The van der Waals surface area contributed by atoms with E-state index in [9.17, 15) is 0 Å². The molecule has 2 rings (SSSR count). The molecule has 2 unspecified atom stereocenters. The minimum absolute atomic E-state index is 0.557. The monoisotopic (exact) mass is 307 g/mol. The van der Waals surface area contributed by atoms with Crippen molar-refractivity contribution in [3.05, 3.63) is 30.1 Å². The van der Waals surface area contributed by atoms with Gasteiger partial charge in [0.2, 0.25) is 0 Å². The Morgan fingerprint density at radius 2 is 1.68 bits per heavy atom. The van der Waals surface area contributed by atoms with Crippen LogP contribution in [0.2, 0.25) is 0 Å². The van der Waals surface area contributed by atoms with Crippen LogP contribution in [0.25, 0.3) is 0 Å². The van der Waals surface area contributed by atoms with Gasteiger partial charge in [0.1, 0.15) is 0 Å². The van der Waals surface area contributed by atoms with Crippen LogP contribution >= 0.6 is 0 Å². The van der Waals surface area contributed by atoms with E-state index in [-0.39, 0.29) is 0 Å². The van der Waals surface area contributed by atoms with Crippen molar-refractivity contribution in [2.75, 3.05) is 0 Å². The number of hydrogen-bond acceptors (Lipinski definition) is 5. The third-order valence-electron chi connectivity index (χ3n) is 3.38. The van der Waals surface area contributed by atoms with Gasteiger partial charge < -0.3 is 10.2 Å². The summed E-state index contributed by atoms with van der Waals surface area (Å²) in [5.74, 6) is -3.65. The Kier molecular flexibility index (Phi) is 7.01. The molecule has 0 aliphatic carbocycles. The highest BCUT2D eigenvalue weighted by Gasteiger charge is 2.22. The van der Waals surface area contributed by atoms with Crippen molar-refractivity contribution in [3.8, 4) is 0 Å². The maximum atomic E-state index is 9.10. The van der Waals surface area contributed by atoms with E-state index in [0.29, 0.717) is 12.1 Å². The van der Waals surface area contributed by atoms with E-state index in [4.69, 9.17) is 19.8 Å². The molecule has 0 aromatic carbocycles. The SMILES string of the molecule is CC1CCCC(C)N1N=Cc1ccncc1.O=C(O)C(=O)O. The highest BCUT2D eigenvalue weighted by molar-refractivity contribution is 6.27. The zero-order valence-electron chi connectivity index (χ0n) is 12.7. The summed E-state index contributed by atoms with van der Waals surface area (Å²) in [6, 6.07) is 5.06. The van der Waals surface area contributed by atoms with Gasteiger partial charge in [0, 0.05) is 24.5 Å². The summed E-state index contributed by atoms with van der Waals surface area (Å²) in [4.78, 5) is 22.2. The molecule has 0 spiro atoms. The minimum atomic E-state index is -1.82. The van der Waals surface area contributed by atoms with Crippen LogP contribution in [0.4, 0.5) is 0 Å². The van der Waals surface area contributed by atoms with E-state index in [1.165, 1.54) is 19.3 Å². The lowest BCUT2D eigenvalue weighted by Gasteiger charge is -2.36. The van der Waals surface area contributed by atoms with Crippen LogP contribution in [0.15, 0.2) is 29.6 Å². The summed E-state index contributed by atoms with van der Waals surface area (Å²) in [7, 11) is 0. The molecule has 2 heterocycles. The molecule has 1 saturated heterocycles. The van der Waals surface area contributed by atoms with Crippen LogP contribution in [0.5, 0.6) is 0 Å². The van der Waals surface area contributed by atoms with Crippen LogP contribution in [-0.2, 0) is 9.59 Å². The molecule has 2 atom stereocenters. The number of hydrazone groups is 1. The summed E-state index contributed by atoms with van der Waals surface area (Å²) >= 11 is 0. The van der Waals surface area contributed by atoms with Crippen molar-refractivity contribution in [1.29, 1.82) is 0 Å².